The molecular weight excluding hydrogens is 232 g/mol. The Morgan fingerprint density at radius 1 is 1.39 bits per heavy atom. The van der Waals surface area contributed by atoms with Gasteiger partial charge in [0.2, 0.25) is 5.91 Å². The highest BCUT2D eigenvalue weighted by molar-refractivity contribution is 5.79. The molecule has 1 atom stereocenters. The molecule has 0 aromatic heterocycles. The molecule has 1 aliphatic heterocycles. The third-order valence-corrected chi connectivity index (χ3v) is 4.46. The van der Waals surface area contributed by atoms with E-state index in [2.05, 4.69) is 0 Å². The van der Waals surface area contributed by atoms with Crippen LogP contribution in [0.1, 0.15) is 39.0 Å². The van der Waals surface area contributed by atoms with Crippen molar-refractivity contribution in [1.29, 1.82) is 0 Å². The third-order valence-electron chi connectivity index (χ3n) is 4.46. The Morgan fingerprint density at radius 2 is 1.94 bits per heavy atom. The molecule has 0 aromatic carbocycles. The number of aliphatic carboxylic acids is 1. The first-order valence-corrected chi connectivity index (χ1v) is 6.71. The zero-order valence-corrected chi connectivity index (χ0v) is 10.9. The fourth-order valence-corrected chi connectivity index (χ4v) is 2.90. The number of hydrogen-bond donors (Lipinski definition) is 2. The van der Waals surface area contributed by atoms with Crippen LogP contribution in [-0.4, -0.2) is 40.5 Å². The number of carbonyl (C=O) groups is 2. The van der Waals surface area contributed by atoms with Gasteiger partial charge in [0.1, 0.15) is 0 Å². The lowest BCUT2D eigenvalue weighted by molar-refractivity contribution is -0.151. The first-order valence-electron chi connectivity index (χ1n) is 6.71. The molecular formula is C13H22N2O3. The quantitative estimate of drug-likeness (QED) is 0.778. The number of carboxylic acid groups (broad SMARTS) is 1. The van der Waals surface area contributed by atoms with Gasteiger partial charge in [-0.05, 0) is 12.8 Å². The molecule has 102 valence electrons. The SMILES string of the molecule is CC(C(=O)O)C1CN(C(=O)CC2(N)CCCC2)C1. The summed E-state index contributed by atoms with van der Waals surface area (Å²) in [5.74, 6) is -0.956. The van der Waals surface area contributed by atoms with Gasteiger partial charge < -0.3 is 15.7 Å². The van der Waals surface area contributed by atoms with E-state index in [-0.39, 0.29) is 23.3 Å². The van der Waals surface area contributed by atoms with E-state index in [0.29, 0.717) is 19.5 Å². The van der Waals surface area contributed by atoms with Crippen molar-refractivity contribution >= 4 is 11.9 Å². The van der Waals surface area contributed by atoms with Gasteiger partial charge in [-0.25, -0.2) is 0 Å². The first-order chi connectivity index (χ1) is 8.41. The van der Waals surface area contributed by atoms with Gasteiger partial charge in [0, 0.05) is 31.0 Å². The average molecular weight is 254 g/mol. The maximum Gasteiger partial charge on any atom is 0.306 e. The van der Waals surface area contributed by atoms with Crippen LogP contribution in [0, 0.1) is 11.8 Å². The molecule has 1 amide bonds. The summed E-state index contributed by atoms with van der Waals surface area (Å²) in [5, 5.41) is 8.89. The second kappa shape index (κ2) is 4.88. The summed E-state index contributed by atoms with van der Waals surface area (Å²) >= 11 is 0. The Kier molecular flexibility index (Phi) is 3.61. The summed E-state index contributed by atoms with van der Waals surface area (Å²) in [6.07, 6.45) is 4.51. The van der Waals surface area contributed by atoms with Crippen molar-refractivity contribution in [2.24, 2.45) is 17.6 Å². The number of amides is 1. The number of carbonyl (C=O) groups excluding carboxylic acids is 1. The Labute approximate surface area is 107 Å². The van der Waals surface area contributed by atoms with Crippen LogP contribution < -0.4 is 5.73 Å². The van der Waals surface area contributed by atoms with Crippen LogP contribution in [0.15, 0.2) is 0 Å². The summed E-state index contributed by atoms with van der Waals surface area (Å²) in [7, 11) is 0. The molecule has 1 saturated carbocycles. The second-order valence-corrected chi connectivity index (χ2v) is 5.93. The Hall–Kier alpha value is -1.10. The van der Waals surface area contributed by atoms with E-state index in [4.69, 9.17) is 10.8 Å². The van der Waals surface area contributed by atoms with Crippen LogP contribution in [-0.2, 0) is 9.59 Å². The smallest absolute Gasteiger partial charge is 0.306 e. The predicted molar refractivity (Wildman–Crippen MR) is 66.9 cm³/mol. The molecule has 1 saturated heterocycles. The molecule has 3 N–H and O–H groups in total. The number of nitrogens with two attached hydrogens (primary N) is 1. The van der Waals surface area contributed by atoms with Gasteiger partial charge >= 0.3 is 5.97 Å². The highest BCUT2D eigenvalue weighted by Crippen LogP contribution is 2.32. The highest BCUT2D eigenvalue weighted by atomic mass is 16.4. The van der Waals surface area contributed by atoms with Crippen LogP contribution in [0.3, 0.4) is 0 Å². The summed E-state index contributed by atoms with van der Waals surface area (Å²) in [6, 6.07) is 0. The molecule has 1 unspecified atom stereocenters. The lowest BCUT2D eigenvalue weighted by atomic mass is 9.85. The van der Waals surface area contributed by atoms with Crippen molar-refractivity contribution in [3.63, 3.8) is 0 Å². The molecule has 2 aliphatic rings. The summed E-state index contributed by atoms with van der Waals surface area (Å²) in [4.78, 5) is 24.6. The van der Waals surface area contributed by atoms with Crippen LogP contribution in [0.4, 0.5) is 0 Å². The van der Waals surface area contributed by atoms with E-state index in [9.17, 15) is 9.59 Å². The van der Waals surface area contributed by atoms with Crippen molar-refractivity contribution in [3.8, 4) is 0 Å². The zero-order valence-electron chi connectivity index (χ0n) is 10.9. The highest BCUT2D eigenvalue weighted by Gasteiger charge is 2.40. The molecule has 5 heteroatoms. The van der Waals surface area contributed by atoms with Gasteiger partial charge in [-0.3, -0.25) is 9.59 Å². The maximum absolute atomic E-state index is 12.0. The Balaban J connectivity index is 1.78. The van der Waals surface area contributed by atoms with Gasteiger partial charge in [-0.2, -0.15) is 0 Å². The first kappa shape index (κ1) is 13.3. The van der Waals surface area contributed by atoms with E-state index >= 15 is 0 Å². The van der Waals surface area contributed by atoms with Gasteiger partial charge in [0.25, 0.3) is 0 Å². The van der Waals surface area contributed by atoms with Gasteiger partial charge in [0.15, 0.2) is 0 Å². The lowest BCUT2D eigenvalue weighted by Gasteiger charge is -2.42. The maximum atomic E-state index is 12.0. The molecule has 1 heterocycles. The van der Waals surface area contributed by atoms with Crippen molar-refractivity contribution in [2.75, 3.05) is 13.1 Å². The van der Waals surface area contributed by atoms with Gasteiger partial charge in [0.05, 0.1) is 5.92 Å². The van der Waals surface area contributed by atoms with E-state index in [1.807, 2.05) is 0 Å². The lowest BCUT2D eigenvalue weighted by Crippen LogP contribution is -2.55. The van der Waals surface area contributed by atoms with Crippen LogP contribution in [0.5, 0.6) is 0 Å². The monoisotopic (exact) mass is 254 g/mol. The van der Waals surface area contributed by atoms with Crippen molar-refractivity contribution in [1.82, 2.24) is 4.90 Å². The van der Waals surface area contributed by atoms with Crippen LogP contribution >= 0.6 is 0 Å². The molecule has 5 nitrogen and oxygen atoms in total. The Morgan fingerprint density at radius 3 is 2.44 bits per heavy atom. The minimum atomic E-state index is -0.779. The number of rotatable bonds is 4. The molecule has 2 fully saturated rings. The fraction of sp³-hybridized carbons (Fsp3) is 0.846. The van der Waals surface area contributed by atoms with Gasteiger partial charge in [-0.1, -0.05) is 19.8 Å². The largest absolute Gasteiger partial charge is 0.481 e. The summed E-state index contributed by atoms with van der Waals surface area (Å²) in [5.41, 5.74) is 5.87. The molecule has 0 radical (unpaired) electrons. The zero-order chi connectivity index (χ0) is 13.3. The topological polar surface area (TPSA) is 83.6 Å². The van der Waals surface area contributed by atoms with Crippen molar-refractivity contribution < 1.29 is 14.7 Å². The number of hydrogen-bond acceptors (Lipinski definition) is 3. The molecule has 0 bridgehead atoms. The van der Waals surface area contributed by atoms with E-state index in [0.717, 1.165) is 25.7 Å². The molecule has 2 rings (SSSR count). The van der Waals surface area contributed by atoms with E-state index in [1.54, 1.807) is 11.8 Å². The van der Waals surface area contributed by atoms with Gasteiger partial charge in [-0.15, -0.1) is 0 Å². The fourth-order valence-electron chi connectivity index (χ4n) is 2.90. The second-order valence-electron chi connectivity index (χ2n) is 5.93. The van der Waals surface area contributed by atoms with Crippen LogP contribution in [0.25, 0.3) is 0 Å². The number of nitrogens with zero attached hydrogens (tertiary/aromatic N) is 1. The normalized spacial score (nSPS) is 24.7. The van der Waals surface area contributed by atoms with E-state index in [1.165, 1.54) is 0 Å². The third kappa shape index (κ3) is 2.66. The van der Waals surface area contributed by atoms with Crippen molar-refractivity contribution in [2.45, 2.75) is 44.6 Å². The molecule has 18 heavy (non-hydrogen) atoms. The predicted octanol–water partition coefficient (Wildman–Crippen LogP) is 0.827. The number of likely N-dealkylation sites (tertiary alicyclic amines) is 1. The minimum Gasteiger partial charge on any atom is -0.481 e. The van der Waals surface area contributed by atoms with Crippen LogP contribution in [0.2, 0.25) is 0 Å². The molecule has 0 spiro atoms. The Bertz CT molecular complexity index is 344. The standard InChI is InChI=1S/C13H22N2O3/c1-9(12(17)18)10-7-15(8-10)11(16)6-13(14)4-2-3-5-13/h9-10H,2-8,14H2,1H3,(H,17,18). The minimum absolute atomic E-state index is 0.0910. The number of carboxylic acids is 1. The van der Waals surface area contributed by atoms with E-state index < -0.39 is 5.97 Å². The molecule has 1 aliphatic carbocycles. The summed E-state index contributed by atoms with van der Waals surface area (Å²) in [6.45, 7) is 2.85. The van der Waals surface area contributed by atoms with Crippen molar-refractivity contribution in [3.05, 3.63) is 0 Å². The average Bonchev–Trinajstić information content (AvgIpc) is 2.61. The molecule has 0 aromatic rings. The summed E-state index contributed by atoms with van der Waals surface area (Å²) < 4.78 is 0.